The molecule has 0 unspecified atom stereocenters. The normalized spacial score (nSPS) is 19.5. The van der Waals surface area contributed by atoms with Crippen molar-refractivity contribution in [2.45, 2.75) is 64.5 Å². The molecule has 4 heteroatoms. The van der Waals surface area contributed by atoms with E-state index in [-0.39, 0.29) is 5.54 Å². The van der Waals surface area contributed by atoms with Crippen molar-refractivity contribution in [2.75, 3.05) is 7.05 Å². The zero-order valence-electron chi connectivity index (χ0n) is 11.3. The molecule has 17 heavy (non-hydrogen) atoms. The highest BCUT2D eigenvalue weighted by Crippen LogP contribution is 2.30. The summed E-state index contributed by atoms with van der Waals surface area (Å²) >= 11 is 0. The van der Waals surface area contributed by atoms with Gasteiger partial charge in [0.1, 0.15) is 11.6 Å². The Morgan fingerprint density at radius 2 is 1.94 bits per heavy atom. The monoisotopic (exact) mass is 236 g/mol. The average Bonchev–Trinajstić information content (AvgIpc) is 2.71. The fourth-order valence-corrected chi connectivity index (χ4v) is 3.01. The second-order valence-corrected chi connectivity index (χ2v) is 5.18. The predicted molar refractivity (Wildman–Crippen MR) is 69.0 cm³/mol. The quantitative estimate of drug-likeness (QED) is 0.870. The smallest absolute Gasteiger partial charge is 0.134 e. The van der Waals surface area contributed by atoms with E-state index in [0.717, 1.165) is 24.6 Å². The van der Waals surface area contributed by atoms with E-state index in [2.05, 4.69) is 34.1 Å². The van der Waals surface area contributed by atoms with Crippen molar-refractivity contribution in [1.82, 2.24) is 20.1 Å². The Balaban J connectivity index is 2.17. The van der Waals surface area contributed by atoms with Gasteiger partial charge in [0.15, 0.2) is 0 Å². The molecule has 2 rings (SSSR count). The van der Waals surface area contributed by atoms with Crippen LogP contribution < -0.4 is 5.32 Å². The van der Waals surface area contributed by atoms with Crippen molar-refractivity contribution in [2.24, 2.45) is 0 Å². The number of likely N-dealkylation sites (N-methyl/N-ethyl adjacent to an activating group) is 1. The highest BCUT2D eigenvalue weighted by Gasteiger charge is 2.32. The molecule has 1 saturated carbocycles. The number of hydrogen-bond acceptors (Lipinski definition) is 3. The van der Waals surface area contributed by atoms with Gasteiger partial charge in [-0.05, 0) is 33.7 Å². The molecular formula is C13H24N4. The number of rotatable bonds is 4. The van der Waals surface area contributed by atoms with E-state index in [1.807, 2.05) is 6.92 Å². The van der Waals surface area contributed by atoms with E-state index in [1.165, 1.54) is 32.1 Å². The fourth-order valence-electron chi connectivity index (χ4n) is 3.01. The summed E-state index contributed by atoms with van der Waals surface area (Å²) in [4.78, 5) is 0. The maximum absolute atomic E-state index is 4.35. The lowest BCUT2D eigenvalue weighted by Gasteiger charge is -2.37. The predicted octanol–water partition coefficient (Wildman–Crippen LogP) is 2.07. The van der Waals surface area contributed by atoms with E-state index in [9.17, 15) is 0 Å². The molecule has 1 aliphatic rings. The molecule has 1 aromatic heterocycles. The van der Waals surface area contributed by atoms with Crippen molar-refractivity contribution in [3.8, 4) is 0 Å². The Hall–Kier alpha value is -0.900. The van der Waals surface area contributed by atoms with Crippen LogP contribution in [0.4, 0.5) is 0 Å². The lowest BCUT2D eigenvalue weighted by atomic mass is 9.79. The van der Waals surface area contributed by atoms with Gasteiger partial charge in [-0.15, -0.1) is 10.2 Å². The van der Waals surface area contributed by atoms with Crippen LogP contribution in [0.3, 0.4) is 0 Å². The van der Waals surface area contributed by atoms with Gasteiger partial charge in [0.25, 0.3) is 0 Å². The molecule has 0 spiro atoms. The lowest BCUT2D eigenvalue weighted by Crippen LogP contribution is -2.47. The maximum atomic E-state index is 4.35. The number of hydrogen-bond donors (Lipinski definition) is 1. The standard InChI is InChI=1S/C13H24N4/c1-4-17-11(2)15-16-12(17)10-13(14-3)8-6-5-7-9-13/h14H,4-10H2,1-3H3. The van der Waals surface area contributed by atoms with Crippen molar-refractivity contribution in [3.63, 3.8) is 0 Å². The van der Waals surface area contributed by atoms with Gasteiger partial charge >= 0.3 is 0 Å². The van der Waals surface area contributed by atoms with Crippen LogP contribution in [0.25, 0.3) is 0 Å². The highest BCUT2D eigenvalue weighted by molar-refractivity contribution is 5.03. The second-order valence-electron chi connectivity index (χ2n) is 5.18. The molecule has 0 radical (unpaired) electrons. The summed E-state index contributed by atoms with van der Waals surface area (Å²) in [6, 6.07) is 0. The highest BCUT2D eigenvalue weighted by atomic mass is 15.3. The Morgan fingerprint density at radius 3 is 2.53 bits per heavy atom. The second kappa shape index (κ2) is 5.17. The van der Waals surface area contributed by atoms with Crippen LogP contribution in [0.1, 0.15) is 50.7 Å². The lowest BCUT2D eigenvalue weighted by molar-refractivity contribution is 0.238. The van der Waals surface area contributed by atoms with Crippen molar-refractivity contribution in [1.29, 1.82) is 0 Å². The van der Waals surface area contributed by atoms with Crippen molar-refractivity contribution >= 4 is 0 Å². The average molecular weight is 236 g/mol. The SMILES string of the molecule is CCn1c(C)nnc1CC1(NC)CCCCC1. The minimum atomic E-state index is 0.255. The van der Waals surface area contributed by atoms with Crippen molar-refractivity contribution in [3.05, 3.63) is 11.6 Å². The summed E-state index contributed by atoms with van der Waals surface area (Å²) in [5, 5.41) is 12.1. The number of aromatic nitrogens is 3. The Bertz CT molecular complexity index is 363. The van der Waals surface area contributed by atoms with Crippen LogP contribution in [0.15, 0.2) is 0 Å². The minimum Gasteiger partial charge on any atom is -0.315 e. The summed E-state index contributed by atoms with van der Waals surface area (Å²) in [7, 11) is 2.09. The molecular weight excluding hydrogens is 212 g/mol. The molecule has 1 aromatic rings. The molecule has 4 nitrogen and oxygen atoms in total. The van der Waals surface area contributed by atoms with E-state index in [1.54, 1.807) is 0 Å². The summed E-state index contributed by atoms with van der Waals surface area (Å²) in [5.41, 5.74) is 0.255. The molecule has 0 atom stereocenters. The first-order chi connectivity index (χ1) is 8.21. The third-order valence-corrected chi connectivity index (χ3v) is 4.17. The topological polar surface area (TPSA) is 42.7 Å². The van der Waals surface area contributed by atoms with E-state index in [4.69, 9.17) is 0 Å². The molecule has 0 aliphatic heterocycles. The maximum Gasteiger partial charge on any atom is 0.134 e. The Morgan fingerprint density at radius 1 is 1.24 bits per heavy atom. The van der Waals surface area contributed by atoms with Gasteiger partial charge in [-0.1, -0.05) is 19.3 Å². The molecule has 1 heterocycles. The van der Waals surface area contributed by atoms with Crippen LogP contribution in [-0.2, 0) is 13.0 Å². The van der Waals surface area contributed by atoms with Crippen LogP contribution in [0, 0.1) is 6.92 Å². The summed E-state index contributed by atoms with van der Waals surface area (Å²) in [6.45, 7) is 5.16. The first kappa shape index (κ1) is 12.6. The summed E-state index contributed by atoms with van der Waals surface area (Å²) in [6.07, 6.45) is 7.58. The molecule has 0 saturated heterocycles. The molecule has 1 N–H and O–H groups in total. The first-order valence-electron chi connectivity index (χ1n) is 6.78. The minimum absolute atomic E-state index is 0.255. The van der Waals surface area contributed by atoms with Gasteiger partial charge in [-0.3, -0.25) is 0 Å². The number of aryl methyl sites for hydroxylation is 1. The first-order valence-corrected chi connectivity index (χ1v) is 6.78. The molecule has 0 aromatic carbocycles. The fraction of sp³-hybridized carbons (Fsp3) is 0.846. The van der Waals surface area contributed by atoms with Gasteiger partial charge in [-0.25, -0.2) is 0 Å². The van der Waals surface area contributed by atoms with E-state index in [0.29, 0.717) is 0 Å². The zero-order valence-corrected chi connectivity index (χ0v) is 11.3. The van der Waals surface area contributed by atoms with Gasteiger partial charge in [0, 0.05) is 18.5 Å². The molecule has 96 valence electrons. The summed E-state index contributed by atoms with van der Waals surface area (Å²) < 4.78 is 2.23. The number of nitrogens with zero attached hydrogens (tertiary/aromatic N) is 3. The Kier molecular flexibility index (Phi) is 3.82. The van der Waals surface area contributed by atoms with Gasteiger partial charge in [0.05, 0.1) is 0 Å². The van der Waals surface area contributed by atoms with Crippen LogP contribution in [0.2, 0.25) is 0 Å². The third-order valence-electron chi connectivity index (χ3n) is 4.17. The summed E-state index contributed by atoms with van der Waals surface area (Å²) in [5.74, 6) is 2.17. The largest absolute Gasteiger partial charge is 0.315 e. The molecule has 1 fully saturated rings. The Labute approximate surface area is 104 Å². The van der Waals surface area contributed by atoms with Crippen LogP contribution in [-0.4, -0.2) is 27.4 Å². The molecule has 1 aliphatic carbocycles. The van der Waals surface area contributed by atoms with Gasteiger partial charge < -0.3 is 9.88 Å². The van der Waals surface area contributed by atoms with Crippen LogP contribution in [0.5, 0.6) is 0 Å². The zero-order chi connectivity index (χ0) is 12.3. The van der Waals surface area contributed by atoms with Crippen molar-refractivity contribution < 1.29 is 0 Å². The van der Waals surface area contributed by atoms with Gasteiger partial charge in [-0.2, -0.15) is 0 Å². The van der Waals surface area contributed by atoms with E-state index < -0.39 is 0 Å². The number of nitrogens with one attached hydrogen (secondary N) is 1. The molecule has 0 amide bonds. The molecule has 0 bridgehead atoms. The van der Waals surface area contributed by atoms with Crippen LogP contribution >= 0.6 is 0 Å². The van der Waals surface area contributed by atoms with Gasteiger partial charge in [0.2, 0.25) is 0 Å². The third kappa shape index (κ3) is 2.51. The van der Waals surface area contributed by atoms with E-state index >= 15 is 0 Å².